The average Bonchev–Trinajstić information content (AvgIpc) is 3.16. The Balaban J connectivity index is 1.50. The number of ether oxygens (including phenoxy) is 1. The Kier molecular flexibility index (Phi) is 5.06. The van der Waals surface area contributed by atoms with E-state index in [1.165, 1.54) is 17.5 Å². The van der Waals surface area contributed by atoms with E-state index < -0.39 is 0 Å². The van der Waals surface area contributed by atoms with Crippen molar-refractivity contribution in [3.05, 3.63) is 29.3 Å². The van der Waals surface area contributed by atoms with Crippen molar-refractivity contribution < 1.29 is 9.53 Å². The Labute approximate surface area is 138 Å². The first kappa shape index (κ1) is 16.1. The Hall–Kier alpha value is -1.75. The molecule has 0 spiro atoms. The Morgan fingerprint density at radius 2 is 2.26 bits per heavy atom. The van der Waals surface area contributed by atoms with Gasteiger partial charge in [-0.1, -0.05) is 12.1 Å². The minimum absolute atomic E-state index is 0.0243. The molecule has 0 bridgehead atoms. The first-order valence-electron chi connectivity index (χ1n) is 8.58. The number of amides is 2. The standard InChI is InChI=1S/C18H27N3O2/c1-20(2)12-10-19-18(22)21-11-9-15(13-21)23-17-8-4-6-14-5-3-7-16(14)17/h4,6,8,15H,3,5,7,9-13H2,1-2H3,(H,19,22). The van der Waals surface area contributed by atoms with Crippen LogP contribution in [0.1, 0.15) is 24.0 Å². The Morgan fingerprint density at radius 3 is 3.09 bits per heavy atom. The summed E-state index contributed by atoms with van der Waals surface area (Å²) in [5.74, 6) is 1.03. The maximum atomic E-state index is 12.2. The van der Waals surface area contributed by atoms with Gasteiger partial charge in [-0.15, -0.1) is 0 Å². The molecule has 2 amide bonds. The van der Waals surface area contributed by atoms with Gasteiger partial charge >= 0.3 is 6.03 Å². The molecule has 1 aromatic carbocycles. The molecule has 0 aromatic heterocycles. The molecule has 3 rings (SSSR count). The number of nitrogens with zero attached hydrogens (tertiary/aromatic N) is 2. The normalized spacial score (nSPS) is 20.0. The number of hydrogen-bond acceptors (Lipinski definition) is 3. The highest BCUT2D eigenvalue weighted by Crippen LogP contribution is 2.32. The van der Waals surface area contributed by atoms with E-state index in [0.717, 1.165) is 38.1 Å². The van der Waals surface area contributed by atoms with Gasteiger partial charge in [0, 0.05) is 26.1 Å². The largest absolute Gasteiger partial charge is 0.488 e. The van der Waals surface area contributed by atoms with E-state index in [1.807, 2.05) is 19.0 Å². The molecule has 5 heteroatoms. The molecule has 1 atom stereocenters. The summed E-state index contributed by atoms with van der Waals surface area (Å²) in [7, 11) is 4.01. The lowest BCUT2D eigenvalue weighted by Gasteiger charge is -2.19. The number of fused-ring (bicyclic) bond motifs is 1. The van der Waals surface area contributed by atoms with Gasteiger partial charge in [-0.25, -0.2) is 4.79 Å². The van der Waals surface area contributed by atoms with E-state index in [2.05, 4.69) is 28.4 Å². The Bertz CT molecular complexity index is 559. The first-order chi connectivity index (χ1) is 11.1. The SMILES string of the molecule is CN(C)CCNC(=O)N1CCC(Oc2cccc3c2CCC3)C1. The van der Waals surface area contributed by atoms with Gasteiger partial charge in [-0.3, -0.25) is 0 Å². The zero-order valence-corrected chi connectivity index (χ0v) is 14.2. The molecule has 1 fully saturated rings. The van der Waals surface area contributed by atoms with Crippen molar-refractivity contribution in [2.45, 2.75) is 31.8 Å². The summed E-state index contributed by atoms with van der Waals surface area (Å²) in [4.78, 5) is 16.1. The van der Waals surface area contributed by atoms with Crippen LogP contribution in [0.25, 0.3) is 0 Å². The van der Waals surface area contributed by atoms with E-state index in [1.54, 1.807) is 0 Å². The quantitative estimate of drug-likeness (QED) is 0.902. The second kappa shape index (κ2) is 7.21. The fraction of sp³-hybridized carbons (Fsp3) is 0.611. The van der Waals surface area contributed by atoms with Crippen molar-refractivity contribution in [2.75, 3.05) is 40.3 Å². The van der Waals surface area contributed by atoms with Crippen LogP contribution >= 0.6 is 0 Å². The number of likely N-dealkylation sites (N-methyl/N-ethyl adjacent to an activating group) is 1. The lowest BCUT2D eigenvalue weighted by molar-refractivity contribution is 0.185. The highest BCUT2D eigenvalue weighted by molar-refractivity contribution is 5.74. The highest BCUT2D eigenvalue weighted by Gasteiger charge is 2.28. The first-order valence-corrected chi connectivity index (χ1v) is 8.58. The van der Waals surface area contributed by atoms with Crippen molar-refractivity contribution in [2.24, 2.45) is 0 Å². The summed E-state index contributed by atoms with van der Waals surface area (Å²) >= 11 is 0. The van der Waals surface area contributed by atoms with Crippen LogP contribution < -0.4 is 10.1 Å². The predicted octanol–water partition coefficient (Wildman–Crippen LogP) is 1.90. The summed E-state index contributed by atoms with van der Waals surface area (Å²) < 4.78 is 6.21. The topological polar surface area (TPSA) is 44.8 Å². The fourth-order valence-electron chi connectivity index (χ4n) is 3.38. The van der Waals surface area contributed by atoms with E-state index in [0.29, 0.717) is 13.1 Å². The average molecular weight is 317 g/mol. The van der Waals surface area contributed by atoms with Gasteiger partial charge in [0.15, 0.2) is 0 Å². The molecule has 0 saturated carbocycles. The lowest BCUT2D eigenvalue weighted by atomic mass is 10.1. The monoisotopic (exact) mass is 317 g/mol. The lowest BCUT2D eigenvalue weighted by Crippen LogP contribution is -2.41. The third-order valence-electron chi connectivity index (χ3n) is 4.66. The van der Waals surface area contributed by atoms with Gasteiger partial charge in [0.05, 0.1) is 6.54 Å². The maximum absolute atomic E-state index is 12.2. The summed E-state index contributed by atoms with van der Waals surface area (Å²) in [5, 5.41) is 2.97. The second-order valence-corrected chi connectivity index (χ2v) is 6.76. The van der Waals surface area contributed by atoms with Crippen LogP contribution in [-0.4, -0.2) is 62.2 Å². The smallest absolute Gasteiger partial charge is 0.317 e. The van der Waals surface area contributed by atoms with Gasteiger partial charge < -0.3 is 19.9 Å². The fourth-order valence-corrected chi connectivity index (χ4v) is 3.38. The third-order valence-corrected chi connectivity index (χ3v) is 4.66. The van der Waals surface area contributed by atoms with Crippen molar-refractivity contribution in [3.8, 4) is 5.75 Å². The van der Waals surface area contributed by atoms with E-state index in [4.69, 9.17) is 4.74 Å². The van der Waals surface area contributed by atoms with Crippen LogP contribution in [0, 0.1) is 0 Å². The molecule has 1 aromatic rings. The summed E-state index contributed by atoms with van der Waals surface area (Å²) in [6.45, 7) is 2.99. The van der Waals surface area contributed by atoms with Crippen LogP contribution in [0.2, 0.25) is 0 Å². The van der Waals surface area contributed by atoms with Gasteiger partial charge in [-0.05, 0) is 50.6 Å². The minimum atomic E-state index is 0.0243. The number of likely N-dealkylation sites (tertiary alicyclic amines) is 1. The summed E-state index contributed by atoms with van der Waals surface area (Å²) in [5.41, 5.74) is 2.81. The zero-order valence-electron chi connectivity index (χ0n) is 14.2. The third kappa shape index (κ3) is 3.96. The van der Waals surface area contributed by atoms with Crippen molar-refractivity contribution >= 4 is 6.03 Å². The molecule has 1 unspecified atom stereocenters. The number of benzene rings is 1. The molecule has 1 aliphatic carbocycles. The number of aryl methyl sites for hydroxylation is 1. The van der Waals surface area contributed by atoms with Crippen LogP contribution in [0.15, 0.2) is 18.2 Å². The predicted molar refractivity (Wildman–Crippen MR) is 91.0 cm³/mol. The van der Waals surface area contributed by atoms with Crippen molar-refractivity contribution in [1.29, 1.82) is 0 Å². The van der Waals surface area contributed by atoms with E-state index in [9.17, 15) is 4.79 Å². The van der Waals surface area contributed by atoms with Crippen LogP contribution in [-0.2, 0) is 12.8 Å². The molecular weight excluding hydrogens is 290 g/mol. The molecule has 0 radical (unpaired) electrons. The number of urea groups is 1. The number of carbonyl (C=O) groups excluding carboxylic acids is 1. The van der Waals surface area contributed by atoms with Gasteiger partial charge in [-0.2, -0.15) is 0 Å². The molecular formula is C18H27N3O2. The summed E-state index contributed by atoms with van der Waals surface area (Å²) in [6, 6.07) is 6.38. The number of hydrogen-bond donors (Lipinski definition) is 1. The number of nitrogens with one attached hydrogen (secondary N) is 1. The molecule has 1 N–H and O–H groups in total. The zero-order chi connectivity index (χ0) is 16.2. The molecule has 23 heavy (non-hydrogen) atoms. The van der Waals surface area contributed by atoms with E-state index in [-0.39, 0.29) is 12.1 Å². The van der Waals surface area contributed by atoms with Gasteiger partial charge in [0.25, 0.3) is 0 Å². The number of rotatable bonds is 5. The Morgan fingerprint density at radius 1 is 1.39 bits per heavy atom. The molecule has 2 aliphatic rings. The van der Waals surface area contributed by atoms with Crippen LogP contribution in [0.4, 0.5) is 4.79 Å². The maximum Gasteiger partial charge on any atom is 0.317 e. The van der Waals surface area contributed by atoms with Crippen LogP contribution in [0.5, 0.6) is 5.75 Å². The highest BCUT2D eigenvalue weighted by atomic mass is 16.5. The molecule has 1 heterocycles. The van der Waals surface area contributed by atoms with Gasteiger partial charge in [0.2, 0.25) is 0 Å². The van der Waals surface area contributed by atoms with Gasteiger partial charge in [0.1, 0.15) is 11.9 Å². The molecule has 1 aliphatic heterocycles. The molecule has 1 saturated heterocycles. The van der Waals surface area contributed by atoms with Crippen molar-refractivity contribution in [3.63, 3.8) is 0 Å². The van der Waals surface area contributed by atoms with Crippen LogP contribution in [0.3, 0.4) is 0 Å². The summed E-state index contributed by atoms with van der Waals surface area (Å²) in [6.07, 6.45) is 4.53. The minimum Gasteiger partial charge on any atom is -0.488 e. The number of carbonyl (C=O) groups is 1. The second-order valence-electron chi connectivity index (χ2n) is 6.76. The van der Waals surface area contributed by atoms with E-state index >= 15 is 0 Å². The molecule has 126 valence electrons. The van der Waals surface area contributed by atoms with Crippen molar-refractivity contribution in [1.82, 2.24) is 15.1 Å². The molecule has 5 nitrogen and oxygen atoms in total.